The summed E-state index contributed by atoms with van der Waals surface area (Å²) < 4.78 is 5.51. The van der Waals surface area contributed by atoms with Crippen LogP contribution in [0.25, 0.3) is 0 Å². The van der Waals surface area contributed by atoms with Gasteiger partial charge in [0.25, 0.3) is 0 Å². The summed E-state index contributed by atoms with van der Waals surface area (Å²) in [5, 5.41) is 8.83. The second-order valence-corrected chi connectivity index (χ2v) is 3.93. The third-order valence-corrected chi connectivity index (χ3v) is 2.54. The van der Waals surface area contributed by atoms with Crippen molar-refractivity contribution in [3.05, 3.63) is 47.5 Å². The van der Waals surface area contributed by atoms with E-state index in [-0.39, 0.29) is 0 Å². The predicted molar refractivity (Wildman–Crippen MR) is 67.2 cm³/mol. The summed E-state index contributed by atoms with van der Waals surface area (Å²) in [7, 11) is 0. The van der Waals surface area contributed by atoms with Gasteiger partial charge in [-0.2, -0.15) is 0 Å². The first kappa shape index (κ1) is 13.5. The van der Waals surface area contributed by atoms with Crippen molar-refractivity contribution in [1.29, 1.82) is 0 Å². The van der Waals surface area contributed by atoms with Crippen molar-refractivity contribution in [2.45, 2.75) is 26.4 Å². The largest absolute Gasteiger partial charge is 0.478 e. The maximum atomic E-state index is 10.8. The highest BCUT2D eigenvalue weighted by Gasteiger charge is 2.05. The first-order valence-electron chi connectivity index (χ1n) is 5.66. The lowest BCUT2D eigenvalue weighted by molar-refractivity contribution is 0.0696. The molecule has 17 heavy (non-hydrogen) atoms. The number of carbonyl (C=O) groups is 1. The summed E-state index contributed by atoms with van der Waals surface area (Å²) in [5.74, 6) is -0.897. The van der Waals surface area contributed by atoms with Gasteiger partial charge in [0.15, 0.2) is 0 Å². The van der Waals surface area contributed by atoms with Crippen LogP contribution in [-0.2, 0) is 11.3 Å². The van der Waals surface area contributed by atoms with Crippen LogP contribution in [0.15, 0.2) is 30.9 Å². The predicted octanol–water partition coefficient (Wildman–Crippen LogP) is 3.18. The summed E-state index contributed by atoms with van der Waals surface area (Å²) in [4.78, 5) is 10.8. The molecule has 0 saturated heterocycles. The molecular formula is C14H18O3. The van der Waals surface area contributed by atoms with E-state index in [4.69, 9.17) is 9.84 Å². The topological polar surface area (TPSA) is 46.5 Å². The molecule has 0 fully saturated rings. The standard InChI is InChI=1S/C14H18O3/c1-3-4-5-8-17-10-13-7-6-12(14(15)16)9-11(13)2/h3,6-7,9H,1,4-5,8,10H2,2H3,(H,15,16). The average molecular weight is 234 g/mol. The molecule has 1 N–H and O–H groups in total. The van der Waals surface area contributed by atoms with Crippen LogP contribution in [0.1, 0.15) is 34.3 Å². The first-order valence-corrected chi connectivity index (χ1v) is 5.66. The van der Waals surface area contributed by atoms with E-state index in [0.717, 1.165) is 24.0 Å². The van der Waals surface area contributed by atoms with E-state index < -0.39 is 5.97 Å². The van der Waals surface area contributed by atoms with E-state index in [1.54, 1.807) is 12.1 Å². The van der Waals surface area contributed by atoms with Crippen molar-refractivity contribution in [3.8, 4) is 0 Å². The Morgan fingerprint density at radius 1 is 1.53 bits per heavy atom. The number of carboxylic acids is 1. The Kier molecular flexibility index (Phi) is 5.43. The van der Waals surface area contributed by atoms with Crippen molar-refractivity contribution in [3.63, 3.8) is 0 Å². The van der Waals surface area contributed by atoms with Gasteiger partial charge in [-0.1, -0.05) is 12.1 Å². The van der Waals surface area contributed by atoms with Gasteiger partial charge in [-0.25, -0.2) is 4.79 Å². The fourth-order valence-corrected chi connectivity index (χ4v) is 1.50. The highest BCUT2D eigenvalue weighted by Crippen LogP contribution is 2.12. The Morgan fingerprint density at radius 2 is 2.29 bits per heavy atom. The number of ether oxygens (including phenoxy) is 1. The van der Waals surface area contributed by atoms with E-state index in [0.29, 0.717) is 18.8 Å². The normalized spacial score (nSPS) is 10.2. The summed E-state index contributed by atoms with van der Waals surface area (Å²) in [5.41, 5.74) is 2.31. The van der Waals surface area contributed by atoms with Gasteiger partial charge >= 0.3 is 5.97 Å². The smallest absolute Gasteiger partial charge is 0.335 e. The molecule has 0 aliphatic rings. The van der Waals surface area contributed by atoms with Crippen LogP contribution >= 0.6 is 0 Å². The Bertz CT molecular complexity index is 396. The van der Waals surface area contributed by atoms with Gasteiger partial charge in [0.1, 0.15) is 0 Å². The van der Waals surface area contributed by atoms with E-state index >= 15 is 0 Å². The molecule has 0 bridgehead atoms. The van der Waals surface area contributed by atoms with Crippen molar-refractivity contribution in [2.75, 3.05) is 6.61 Å². The minimum atomic E-state index is -0.897. The number of hydrogen-bond acceptors (Lipinski definition) is 2. The van der Waals surface area contributed by atoms with E-state index in [9.17, 15) is 4.79 Å². The van der Waals surface area contributed by atoms with Crippen LogP contribution < -0.4 is 0 Å². The highest BCUT2D eigenvalue weighted by molar-refractivity contribution is 5.87. The van der Waals surface area contributed by atoms with Crippen LogP contribution in [0.5, 0.6) is 0 Å². The number of carboxylic acid groups (broad SMARTS) is 1. The molecule has 0 heterocycles. The van der Waals surface area contributed by atoms with E-state index in [1.165, 1.54) is 0 Å². The molecule has 0 aromatic heterocycles. The molecule has 0 radical (unpaired) electrons. The Morgan fingerprint density at radius 3 is 2.88 bits per heavy atom. The number of rotatable bonds is 7. The SMILES string of the molecule is C=CCCCOCc1ccc(C(=O)O)cc1C. The van der Waals surface area contributed by atoms with Crippen LogP contribution in [0, 0.1) is 6.92 Å². The summed E-state index contributed by atoms with van der Waals surface area (Å²) in [6, 6.07) is 5.09. The highest BCUT2D eigenvalue weighted by atomic mass is 16.5. The molecule has 0 aliphatic carbocycles. The van der Waals surface area contributed by atoms with Gasteiger partial charge in [-0.15, -0.1) is 6.58 Å². The monoisotopic (exact) mass is 234 g/mol. The minimum Gasteiger partial charge on any atom is -0.478 e. The number of benzene rings is 1. The number of aryl methyl sites for hydroxylation is 1. The van der Waals surface area contributed by atoms with Gasteiger partial charge < -0.3 is 9.84 Å². The zero-order valence-electron chi connectivity index (χ0n) is 10.1. The molecule has 3 nitrogen and oxygen atoms in total. The molecular weight excluding hydrogens is 216 g/mol. The maximum absolute atomic E-state index is 10.8. The van der Waals surface area contributed by atoms with Crippen LogP contribution in [-0.4, -0.2) is 17.7 Å². The van der Waals surface area contributed by atoms with Crippen molar-refractivity contribution in [1.82, 2.24) is 0 Å². The van der Waals surface area contributed by atoms with Crippen LogP contribution in [0.2, 0.25) is 0 Å². The Labute approximate surface area is 102 Å². The quantitative estimate of drug-likeness (QED) is 0.582. The minimum absolute atomic E-state index is 0.318. The fourth-order valence-electron chi connectivity index (χ4n) is 1.50. The Balaban J connectivity index is 2.49. The number of hydrogen-bond donors (Lipinski definition) is 1. The van der Waals surface area contributed by atoms with Crippen molar-refractivity contribution >= 4 is 5.97 Å². The number of aromatic carboxylic acids is 1. The van der Waals surface area contributed by atoms with Gasteiger partial charge in [-0.3, -0.25) is 0 Å². The van der Waals surface area contributed by atoms with Gasteiger partial charge in [0, 0.05) is 6.61 Å². The molecule has 92 valence electrons. The van der Waals surface area contributed by atoms with Crippen molar-refractivity contribution in [2.24, 2.45) is 0 Å². The number of allylic oxidation sites excluding steroid dienone is 1. The lowest BCUT2D eigenvalue weighted by Crippen LogP contribution is -2.01. The average Bonchev–Trinajstić information content (AvgIpc) is 2.30. The maximum Gasteiger partial charge on any atom is 0.335 e. The van der Waals surface area contributed by atoms with Gasteiger partial charge in [0.2, 0.25) is 0 Å². The fraction of sp³-hybridized carbons (Fsp3) is 0.357. The molecule has 0 spiro atoms. The molecule has 3 heteroatoms. The lowest BCUT2D eigenvalue weighted by Gasteiger charge is -2.07. The third kappa shape index (κ3) is 4.41. The van der Waals surface area contributed by atoms with E-state index in [1.807, 2.05) is 19.1 Å². The zero-order valence-corrected chi connectivity index (χ0v) is 10.1. The zero-order chi connectivity index (χ0) is 12.7. The molecule has 1 aromatic carbocycles. The molecule has 0 saturated carbocycles. The molecule has 0 unspecified atom stereocenters. The van der Waals surface area contributed by atoms with Crippen LogP contribution in [0.4, 0.5) is 0 Å². The van der Waals surface area contributed by atoms with E-state index in [2.05, 4.69) is 6.58 Å². The molecule has 1 rings (SSSR count). The number of unbranched alkanes of at least 4 members (excludes halogenated alkanes) is 1. The lowest BCUT2D eigenvalue weighted by atomic mass is 10.1. The summed E-state index contributed by atoms with van der Waals surface area (Å²) in [6.07, 6.45) is 3.79. The van der Waals surface area contributed by atoms with Crippen molar-refractivity contribution < 1.29 is 14.6 Å². The summed E-state index contributed by atoms with van der Waals surface area (Å²) >= 11 is 0. The van der Waals surface area contributed by atoms with Crippen LogP contribution in [0.3, 0.4) is 0 Å². The van der Waals surface area contributed by atoms with Gasteiger partial charge in [0.05, 0.1) is 12.2 Å². The molecule has 0 aliphatic heterocycles. The van der Waals surface area contributed by atoms with Gasteiger partial charge in [-0.05, 0) is 43.0 Å². The second kappa shape index (κ2) is 6.86. The third-order valence-electron chi connectivity index (χ3n) is 2.54. The first-order chi connectivity index (χ1) is 8.15. The molecule has 0 atom stereocenters. The second-order valence-electron chi connectivity index (χ2n) is 3.93. The Hall–Kier alpha value is -1.61. The molecule has 0 amide bonds. The summed E-state index contributed by atoms with van der Waals surface area (Å²) in [6.45, 7) is 6.77. The molecule has 1 aromatic rings.